The minimum atomic E-state index is 0.242. The lowest BCUT2D eigenvalue weighted by Crippen LogP contribution is -2.42. The van der Waals surface area contributed by atoms with Gasteiger partial charge in [-0.05, 0) is 37.8 Å². The third-order valence-electron chi connectivity index (χ3n) is 6.53. The van der Waals surface area contributed by atoms with Crippen LogP contribution < -0.4 is 15.2 Å². The number of nitrogens with two attached hydrogens (primary N) is 1. The molecule has 2 aliphatic rings. The van der Waals surface area contributed by atoms with Crippen molar-refractivity contribution >= 4 is 22.5 Å². The molecule has 2 N–H and O–H groups in total. The number of nitrogens with zero attached hydrogens (tertiary/aromatic N) is 2. The highest BCUT2D eigenvalue weighted by Crippen LogP contribution is 2.37. The average molecular weight is 398 g/mol. The molecule has 0 spiro atoms. The monoisotopic (exact) mass is 397 g/mol. The molecular weight excluding hydrogens is 366 g/mol. The summed E-state index contributed by atoms with van der Waals surface area (Å²) in [5, 5.41) is 0.939. The zero-order chi connectivity index (χ0) is 20.4. The highest BCUT2D eigenvalue weighted by atomic mass is 16.5. The third kappa shape index (κ3) is 3.98. The van der Waals surface area contributed by atoms with Crippen molar-refractivity contribution < 1.29 is 14.3 Å². The lowest BCUT2D eigenvalue weighted by molar-refractivity contribution is -0.137. The number of methoxy groups -OCH3 is 2. The van der Waals surface area contributed by atoms with Gasteiger partial charge in [-0.1, -0.05) is 19.3 Å². The molecule has 2 heterocycles. The fourth-order valence-corrected chi connectivity index (χ4v) is 4.84. The van der Waals surface area contributed by atoms with Crippen molar-refractivity contribution in [1.82, 2.24) is 9.88 Å². The van der Waals surface area contributed by atoms with Gasteiger partial charge in [0.2, 0.25) is 5.91 Å². The summed E-state index contributed by atoms with van der Waals surface area (Å²) in [6.07, 6.45) is 7.60. The SMILES string of the molecule is COc1cc2cc(N)c(C3CCN(C(=O)C4CCCCC4)CC3)nc2cc1OC. The van der Waals surface area contributed by atoms with Crippen LogP contribution in [0.25, 0.3) is 10.9 Å². The van der Waals surface area contributed by atoms with Crippen molar-refractivity contribution in [2.45, 2.75) is 50.9 Å². The summed E-state index contributed by atoms with van der Waals surface area (Å²) in [5.74, 6) is 2.22. The summed E-state index contributed by atoms with van der Waals surface area (Å²) in [5.41, 5.74) is 8.88. The van der Waals surface area contributed by atoms with E-state index in [0.29, 0.717) is 23.1 Å². The number of anilines is 1. The number of fused-ring (bicyclic) bond motifs is 1. The van der Waals surface area contributed by atoms with Crippen molar-refractivity contribution in [3.63, 3.8) is 0 Å². The van der Waals surface area contributed by atoms with Gasteiger partial charge in [0, 0.05) is 36.4 Å². The summed E-state index contributed by atoms with van der Waals surface area (Å²) in [6.45, 7) is 1.59. The Balaban J connectivity index is 1.50. The molecule has 1 aliphatic carbocycles. The lowest BCUT2D eigenvalue weighted by atomic mass is 9.86. The Bertz CT molecular complexity index is 885. The van der Waals surface area contributed by atoms with E-state index in [2.05, 4.69) is 4.90 Å². The number of carbonyl (C=O) groups is 1. The fourth-order valence-electron chi connectivity index (χ4n) is 4.84. The second-order valence-corrected chi connectivity index (χ2v) is 8.30. The van der Waals surface area contributed by atoms with Gasteiger partial charge in [0.05, 0.1) is 31.1 Å². The third-order valence-corrected chi connectivity index (χ3v) is 6.53. The maximum Gasteiger partial charge on any atom is 0.225 e. The number of rotatable bonds is 4. The first kappa shape index (κ1) is 19.8. The van der Waals surface area contributed by atoms with E-state index in [9.17, 15) is 4.79 Å². The van der Waals surface area contributed by atoms with Crippen LogP contribution in [0.1, 0.15) is 56.6 Å². The number of likely N-dealkylation sites (tertiary alicyclic amines) is 1. The summed E-state index contributed by atoms with van der Waals surface area (Å²) in [6, 6.07) is 5.78. The molecule has 6 nitrogen and oxygen atoms in total. The van der Waals surface area contributed by atoms with Gasteiger partial charge in [0.1, 0.15) is 0 Å². The summed E-state index contributed by atoms with van der Waals surface area (Å²) >= 11 is 0. The van der Waals surface area contributed by atoms with Gasteiger partial charge in [0.15, 0.2) is 11.5 Å². The van der Waals surface area contributed by atoms with Crippen molar-refractivity contribution in [2.75, 3.05) is 33.0 Å². The van der Waals surface area contributed by atoms with E-state index < -0.39 is 0 Å². The van der Waals surface area contributed by atoms with Crippen LogP contribution in [0.5, 0.6) is 11.5 Å². The predicted molar refractivity (Wildman–Crippen MR) is 114 cm³/mol. The largest absolute Gasteiger partial charge is 0.493 e. The van der Waals surface area contributed by atoms with E-state index in [0.717, 1.165) is 55.4 Å². The summed E-state index contributed by atoms with van der Waals surface area (Å²) < 4.78 is 10.8. The Morgan fingerprint density at radius 2 is 1.66 bits per heavy atom. The molecule has 2 aromatic rings. The van der Waals surface area contributed by atoms with Crippen molar-refractivity contribution in [3.05, 3.63) is 23.9 Å². The molecule has 1 saturated carbocycles. The number of ether oxygens (including phenoxy) is 2. The Morgan fingerprint density at radius 1 is 1.00 bits per heavy atom. The average Bonchev–Trinajstić information content (AvgIpc) is 2.78. The summed E-state index contributed by atoms with van der Waals surface area (Å²) in [7, 11) is 3.25. The van der Waals surface area contributed by atoms with Crippen LogP contribution in [-0.2, 0) is 4.79 Å². The topological polar surface area (TPSA) is 77.7 Å². The minimum absolute atomic E-state index is 0.242. The zero-order valence-corrected chi connectivity index (χ0v) is 17.4. The Hall–Kier alpha value is -2.50. The Kier molecular flexibility index (Phi) is 5.79. The van der Waals surface area contributed by atoms with E-state index in [1.807, 2.05) is 18.2 Å². The number of hydrogen-bond donors (Lipinski definition) is 1. The molecule has 6 heteroatoms. The molecule has 1 aromatic carbocycles. The van der Waals surface area contributed by atoms with Gasteiger partial charge in [-0.25, -0.2) is 0 Å². The van der Waals surface area contributed by atoms with E-state index >= 15 is 0 Å². The minimum Gasteiger partial charge on any atom is -0.493 e. The van der Waals surface area contributed by atoms with Crippen molar-refractivity contribution in [3.8, 4) is 11.5 Å². The number of piperidine rings is 1. The second kappa shape index (κ2) is 8.47. The van der Waals surface area contributed by atoms with Gasteiger partial charge in [0.25, 0.3) is 0 Å². The molecule has 156 valence electrons. The molecule has 1 amide bonds. The van der Waals surface area contributed by atoms with Crippen LogP contribution in [0.3, 0.4) is 0 Å². The maximum absolute atomic E-state index is 12.8. The van der Waals surface area contributed by atoms with Gasteiger partial charge >= 0.3 is 0 Å². The highest BCUT2D eigenvalue weighted by Gasteiger charge is 2.30. The number of pyridine rings is 1. The predicted octanol–water partition coefficient (Wildman–Crippen LogP) is 4.12. The number of nitrogen functional groups attached to an aromatic ring is 1. The number of amides is 1. The number of hydrogen-bond acceptors (Lipinski definition) is 5. The van der Waals surface area contributed by atoms with Crippen LogP contribution >= 0.6 is 0 Å². The van der Waals surface area contributed by atoms with Crippen molar-refractivity contribution in [1.29, 1.82) is 0 Å². The first-order chi connectivity index (χ1) is 14.1. The van der Waals surface area contributed by atoms with Crippen LogP contribution in [0.15, 0.2) is 18.2 Å². The molecule has 0 atom stereocenters. The van der Waals surface area contributed by atoms with Crippen LogP contribution in [-0.4, -0.2) is 43.1 Å². The fraction of sp³-hybridized carbons (Fsp3) is 0.565. The molecule has 1 aromatic heterocycles. The quantitative estimate of drug-likeness (QED) is 0.840. The Morgan fingerprint density at radius 3 is 2.31 bits per heavy atom. The van der Waals surface area contributed by atoms with E-state index in [1.54, 1.807) is 14.2 Å². The van der Waals surface area contributed by atoms with Gasteiger partial charge in [-0.15, -0.1) is 0 Å². The first-order valence-corrected chi connectivity index (χ1v) is 10.7. The smallest absolute Gasteiger partial charge is 0.225 e. The van der Waals surface area contributed by atoms with Crippen LogP contribution in [0.2, 0.25) is 0 Å². The molecule has 1 aliphatic heterocycles. The van der Waals surface area contributed by atoms with E-state index in [1.165, 1.54) is 19.3 Å². The molecule has 0 unspecified atom stereocenters. The maximum atomic E-state index is 12.8. The standard InChI is InChI=1S/C23H31N3O3/c1-28-20-13-17-12-18(24)22(25-19(17)14-21(20)29-2)15-8-10-26(11-9-15)23(27)16-6-4-3-5-7-16/h12-16H,3-11,24H2,1-2H3. The van der Waals surface area contributed by atoms with Crippen LogP contribution in [0, 0.1) is 5.92 Å². The van der Waals surface area contributed by atoms with E-state index in [4.69, 9.17) is 20.2 Å². The van der Waals surface area contributed by atoms with Gasteiger partial charge in [-0.3, -0.25) is 9.78 Å². The van der Waals surface area contributed by atoms with Crippen molar-refractivity contribution in [2.24, 2.45) is 5.92 Å². The number of benzene rings is 1. The molecular formula is C23H31N3O3. The molecule has 0 bridgehead atoms. The van der Waals surface area contributed by atoms with Crippen LogP contribution in [0.4, 0.5) is 5.69 Å². The number of carbonyl (C=O) groups excluding carboxylic acids is 1. The summed E-state index contributed by atoms with van der Waals surface area (Å²) in [4.78, 5) is 19.8. The lowest BCUT2D eigenvalue weighted by Gasteiger charge is -2.35. The Labute approximate surface area is 172 Å². The highest BCUT2D eigenvalue weighted by molar-refractivity contribution is 5.86. The zero-order valence-electron chi connectivity index (χ0n) is 17.4. The van der Waals surface area contributed by atoms with E-state index in [-0.39, 0.29) is 11.8 Å². The molecule has 0 radical (unpaired) electrons. The normalized spacial score (nSPS) is 18.8. The van der Waals surface area contributed by atoms with Gasteiger partial charge < -0.3 is 20.1 Å². The number of aromatic nitrogens is 1. The molecule has 29 heavy (non-hydrogen) atoms. The van der Waals surface area contributed by atoms with Gasteiger partial charge in [-0.2, -0.15) is 0 Å². The molecule has 2 fully saturated rings. The first-order valence-electron chi connectivity index (χ1n) is 10.7. The molecule has 1 saturated heterocycles. The second-order valence-electron chi connectivity index (χ2n) is 8.30. The molecule has 4 rings (SSSR count).